The summed E-state index contributed by atoms with van der Waals surface area (Å²) < 4.78 is 1.97. The zero-order chi connectivity index (χ0) is 13.7. The van der Waals surface area contributed by atoms with Crippen LogP contribution in [0.4, 0.5) is 5.82 Å². The molecule has 2 N–H and O–H groups in total. The van der Waals surface area contributed by atoms with Gasteiger partial charge in [0.2, 0.25) is 0 Å². The lowest BCUT2D eigenvalue weighted by molar-refractivity contribution is 0.912. The standard InChI is InChI=1S/C17H17N3/c1-11-5-8-15-19-16(17(18)20(15)10-11)14-7-6-12-3-2-4-13(12)9-14/h5-10H,2-4,18H2,1H3. The van der Waals surface area contributed by atoms with Crippen LogP contribution in [0.25, 0.3) is 16.9 Å². The molecule has 0 saturated heterocycles. The molecule has 1 aromatic carbocycles. The summed E-state index contributed by atoms with van der Waals surface area (Å²) in [7, 11) is 0. The van der Waals surface area contributed by atoms with E-state index in [4.69, 9.17) is 5.73 Å². The minimum absolute atomic E-state index is 0.724. The summed E-state index contributed by atoms with van der Waals surface area (Å²) in [6, 6.07) is 10.7. The van der Waals surface area contributed by atoms with E-state index in [0.29, 0.717) is 0 Å². The smallest absolute Gasteiger partial charge is 0.139 e. The number of aromatic nitrogens is 2. The Morgan fingerprint density at radius 1 is 1.10 bits per heavy atom. The van der Waals surface area contributed by atoms with Crippen LogP contribution in [0.5, 0.6) is 0 Å². The average Bonchev–Trinajstić information content (AvgIpc) is 3.03. The van der Waals surface area contributed by atoms with Gasteiger partial charge in [0.05, 0.1) is 0 Å². The van der Waals surface area contributed by atoms with Gasteiger partial charge in [-0.3, -0.25) is 4.40 Å². The van der Waals surface area contributed by atoms with Gasteiger partial charge < -0.3 is 5.73 Å². The molecule has 3 aromatic rings. The number of nitrogen functional groups attached to an aromatic ring is 1. The largest absolute Gasteiger partial charge is 0.383 e. The van der Waals surface area contributed by atoms with E-state index in [2.05, 4.69) is 36.2 Å². The van der Waals surface area contributed by atoms with Gasteiger partial charge >= 0.3 is 0 Å². The first kappa shape index (κ1) is 11.5. The predicted octanol–water partition coefficient (Wildman–Crippen LogP) is 3.38. The van der Waals surface area contributed by atoms with Crippen molar-refractivity contribution in [2.75, 3.05) is 5.73 Å². The number of hydrogen-bond donors (Lipinski definition) is 1. The number of rotatable bonds is 1. The maximum absolute atomic E-state index is 6.29. The molecule has 2 aromatic heterocycles. The van der Waals surface area contributed by atoms with Crippen LogP contribution in [0, 0.1) is 6.92 Å². The maximum Gasteiger partial charge on any atom is 0.139 e. The number of nitrogens with zero attached hydrogens (tertiary/aromatic N) is 2. The van der Waals surface area contributed by atoms with Gasteiger partial charge in [0.25, 0.3) is 0 Å². The molecule has 0 bridgehead atoms. The fraction of sp³-hybridized carbons (Fsp3) is 0.235. The molecule has 1 aliphatic rings. The SMILES string of the molecule is Cc1ccc2nc(-c3ccc4c(c3)CCC4)c(N)n2c1. The lowest BCUT2D eigenvalue weighted by Crippen LogP contribution is -1.95. The molecule has 0 saturated carbocycles. The highest BCUT2D eigenvalue weighted by Gasteiger charge is 2.15. The number of anilines is 1. The molecular weight excluding hydrogens is 246 g/mol. The molecule has 0 unspecified atom stereocenters. The van der Waals surface area contributed by atoms with Gasteiger partial charge in [0.15, 0.2) is 0 Å². The quantitative estimate of drug-likeness (QED) is 0.731. The van der Waals surface area contributed by atoms with Crippen LogP contribution < -0.4 is 5.73 Å². The molecule has 2 heterocycles. The molecule has 0 atom stereocenters. The Kier molecular flexibility index (Phi) is 2.36. The second kappa shape index (κ2) is 4.10. The molecule has 3 heteroatoms. The number of hydrogen-bond acceptors (Lipinski definition) is 2. The molecule has 20 heavy (non-hydrogen) atoms. The average molecular weight is 263 g/mol. The summed E-state index contributed by atoms with van der Waals surface area (Å²) in [5, 5.41) is 0. The van der Waals surface area contributed by atoms with E-state index in [1.54, 1.807) is 0 Å². The molecule has 1 aliphatic carbocycles. The number of aryl methyl sites for hydroxylation is 3. The van der Waals surface area contributed by atoms with Gasteiger partial charge in [-0.1, -0.05) is 18.2 Å². The van der Waals surface area contributed by atoms with Gasteiger partial charge in [-0.25, -0.2) is 4.98 Å². The third kappa shape index (κ3) is 1.63. The summed E-state index contributed by atoms with van der Waals surface area (Å²) in [5.41, 5.74) is 13.3. The third-order valence-electron chi connectivity index (χ3n) is 4.18. The van der Waals surface area contributed by atoms with Crippen LogP contribution in [-0.2, 0) is 12.8 Å². The molecule has 0 spiro atoms. The summed E-state index contributed by atoms with van der Waals surface area (Å²) in [6.07, 6.45) is 5.68. The van der Waals surface area contributed by atoms with Crippen molar-refractivity contribution in [3.8, 4) is 11.3 Å². The van der Waals surface area contributed by atoms with Gasteiger partial charge in [-0.15, -0.1) is 0 Å². The lowest BCUT2D eigenvalue weighted by atomic mass is 10.0. The van der Waals surface area contributed by atoms with Crippen LogP contribution in [0.3, 0.4) is 0 Å². The molecular formula is C17H17N3. The molecule has 0 amide bonds. The highest BCUT2D eigenvalue weighted by molar-refractivity contribution is 5.75. The Bertz CT molecular complexity index is 814. The van der Waals surface area contributed by atoms with E-state index in [1.165, 1.54) is 36.0 Å². The zero-order valence-corrected chi connectivity index (χ0v) is 11.6. The van der Waals surface area contributed by atoms with Crippen molar-refractivity contribution in [3.05, 3.63) is 53.2 Å². The first-order chi connectivity index (χ1) is 9.72. The van der Waals surface area contributed by atoms with Gasteiger partial charge in [0, 0.05) is 11.8 Å². The maximum atomic E-state index is 6.29. The van der Waals surface area contributed by atoms with E-state index < -0.39 is 0 Å². The van der Waals surface area contributed by atoms with E-state index in [-0.39, 0.29) is 0 Å². The van der Waals surface area contributed by atoms with Crippen LogP contribution >= 0.6 is 0 Å². The topological polar surface area (TPSA) is 43.3 Å². The summed E-state index contributed by atoms with van der Waals surface area (Å²) in [6.45, 7) is 2.06. The highest BCUT2D eigenvalue weighted by Crippen LogP contribution is 2.31. The normalized spacial score (nSPS) is 13.8. The Morgan fingerprint density at radius 2 is 1.95 bits per heavy atom. The summed E-state index contributed by atoms with van der Waals surface area (Å²) in [5.74, 6) is 0.724. The molecule has 3 nitrogen and oxygen atoms in total. The van der Waals surface area contributed by atoms with Crippen molar-refractivity contribution in [1.29, 1.82) is 0 Å². The van der Waals surface area contributed by atoms with Crippen LogP contribution in [-0.4, -0.2) is 9.38 Å². The number of pyridine rings is 1. The molecule has 0 aliphatic heterocycles. The van der Waals surface area contributed by atoms with Crippen LogP contribution in [0.1, 0.15) is 23.1 Å². The van der Waals surface area contributed by atoms with Crippen molar-refractivity contribution in [1.82, 2.24) is 9.38 Å². The third-order valence-corrected chi connectivity index (χ3v) is 4.18. The monoisotopic (exact) mass is 263 g/mol. The first-order valence-electron chi connectivity index (χ1n) is 7.09. The minimum atomic E-state index is 0.724. The number of nitrogens with two attached hydrogens (primary N) is 1. The highest BCUT2D eigenvalue weighted by atomic mass is 15.1. The van der Waals surface area contributed by atoms with Gasteiger partial charge in [-0.05, 0) is 55.0 Å². The Balaban J connectivity index is 1.92. The van der Waals surface area contributed by atoms with Crippen molar-refractivity contribution in [2.24, 2.45) is 0 Å². The van der Waals surface area contributed by atoms with E-state index in [1.807, 2.05) is 16.7 Å². The molecule has 0 radical (unpaired) electrons. The number of benzene rings is 1. The second-order valence-electron chi connectivity index (χ2n) is 5.62. The summed E-state index contributed by atoms with van der Waals surface area (Å²) >= 11 is 0. The van der Waals surface area contributed by atoms with Crippen molar-refractivity contribution in [2.45, 2.75) is 26.2 Å². The fourth-order valence-electron chi connectivity index (χ4n) is 3.10. The van der Waals surface area contributed by atoms with E-state index in [9.17, 15) is 0 Å². The van der Waals surface area contributed by atoms with Gasteiger partial charge in [0.1, 0.15) is 17.2 Å². The fourth-order valence-corrected chi connectivity index (χ4v) is 3.10. The minimum Gasteiger partial charge on any atom is -0.383 e. The van der Waals surface area contributed by atoms with Crippen molar-refractivity contribution < 1.29 is 0 Å². The Morgan fingerprint density at radius 3 is 2.85 bits per heavy atom. The van der Waals surface area contributed by atoms with E-state index >= 15 is 0 Å². The number of fused-ring (bicyclic) bond motifs is 2. The lowest BCUT2D eigenvalue weighted by Gasteiger charge is -2.03. The van der Waals surface area contributed by atoms with Crippen LogP contribution in [0.15, 0.2) is 36.5 Å². The predicted molar refractivity (Wildman–Crippen MR) is 81.8 cm³/mol. The Labute approximate surface area is 118 Å². The van der Waals surface area contributed by atoms with Gasteiger partial charge in [-0.2, -0.15) is 0 Å². The molecule has 4 rings (SSSR count). The molecule has 100 valence electrons. The van der Waals surface area contributed by atoms with Crippen LogP contribution in [0.2, 0.25) is 0 Å². The second-order valence-corrected chi connectivity index (χ2v) is 5.62. The van der Waals surface area contributed by atoms with Crippen molar-refractivity contribution >= 4 is 11.5 Å². The van der Waals surface area contributed by atoms with Crippen molar-refractivity contribution in [3.63, 3.8) is 0 Å². The number of imidazole rings is 1. The molecule has 0 fully saturated rings. The Hall–Kier alpha value is -2.29. The zero-order valence-electron chi connectivity index (χ0n) is 11.6. The first-order valence-corrected chi connectivity index (χ1v) is 7.09. The summed E-state index contributed by atoms with van der Waals surface area (Å²) in [4.78, 5) is 4.69. The van der Waals surface area contributed by atoms with E-state index in [0.717, 1.165) is 22.7 Å².